The van der Waals surface area contributed by atoms with E-state index >= 15 is 4.39 Å². The monoisotopic (exact) mass is 554 g/mol. The summed E-state index contributed by atoms with van der Waals surface area (Å²) >= 11 is 6.24. The van der Waals surface area contributed by atoms with Gasteiger partial charge < -0.3 is 14.6 Å². The fourth-order valence-electron chi connectivity index (χ4n) is 4.77. The van der Waals surface area contributed by atoms with Crippen LogP contribution in [0.5, 0.6) is 0 Å². The van der Waals surface area contributed by atoms with E-state index in [-0.39, 0.29) is 42.4 Å². The number of nitrogens with zero attached hydrogens (tertiary/aromatic N) is 6. The van der Waals surface area contributed by atoms with Crippen LogP contribution in [0.4, 0.5) is 23.4 Å². The number of piperazine rings is 1. The molecule has 1 saturated heterocycles. The van der Waals surface area contributed by atoms with Gasteiger partial charge in [-0.05, 0) is 17.5 Å². The van der Waals surface area contributed by atoms with Gasteiger partial charge in [-0.3, -0.25) is 9.78 Å². The third kappa shape index (κ3) is 4.95. The van der Waals surface area contributed by atoms with Gasteiger partial charge in [-0.25, -0.2) is 34.1 Å². The minimum atomic E-state index is -2.77. The molecule has 198 valence electrons. The van der Waals surface area contributed by atoms with E-state index in [0.717, 1.165) is 6.08 Å². The first-order valence-corrected chi connectivity index (χ1v) is 12.2. The molecule has 1 aliphatic rings. The quantitative estimate of drug-likeness (QED) is 0.184. The number of rotatable bonds is 5. The second kappa shape index (κ2) is 10.8. The van der Waals surface area contributed by atoms with E-state index in [1.54, 1.807) is 29.2 Å². The van der Waals surface area contributed by atoms with Crippen LogP contribution in [-0.2, 0) is 4.79 Å². The Morgan fingerprint density at radius 1 is 1.18 bits per heavy atom. The minimum absolute atomic E-state index is 0.0189. The Kier molecular flexibility index (Phi) is 7.30. The fourth-order valence-corrected chi connectivity index (χ4v) is 5.05. The summed E-state index contributed by atoms with van der Waals surface area (Å²) in [5, 5.41) is 1.10. The van der Waals surface area contributed by atoms with Gasteiger partial charge in [0.25, 0.3) is 6.43 Å². The molecule has 4 aromatic rings. The molecule has 3 heterocycles. The highest BCUT2D eigenvalue weighted by Crippen LogP contribution is 2.37. The van der Waals surface area contributed by atoms with Gasteiger partial charge in [0.15, 0.2) is 5.82 Å². The highest BCUT2D eigenvalue weighted by atomic mass is 35.5. The van der Waals surface area contributed by atoms with Gasteiger partial charge in [0.1, 0.15) is 35.2 Å². The van der Waals surface area contributed by atoms with Crippen molar-refractivity contribution in [1.82, 2.24) is 19.9 Å². The Balaban J connectivity index is 1.53. The Morgan fingerprint density at radius 2 is 2.00 bits per heavy atom. The summed E-state index contributed by atoms with van der Waals surface area (Å²) in [6, 6.07) is 7.21. The van der Waals surface area contributed by atoms with Crippen LogP contribution in [-0.4, -0.2) is 64.4 Å². The molecule has 5 rings (SSSR count). The Bertz CT molecular complexity index is 1660. The highest BCUT2D eigenvalue weighted by molar-refractivity contribution is 6.36. The number of hydrogen-bond acceptors (Lipinski definition) is 5. The van der Waals surface area contributed by atoms with Gasteiger partial charge in [0.05, 0.1) is 10.4 Å². The fraction of sp³-hybridized carbons (Fsp3) is 0.222. The lowest BCUT2D eigenvalue weighted by Gasteiger charge is -2.39. The van der Waals surface area contributed by atoms with Crippen LogP contribution in [0.15, 0.2) is 55.0 Å². The predicted octanol–water partition coefficient (Wildman–Crippen LogP) is 5.53. The largest absolute Gasteiger partial charge is 0.352 e. The van der Waals surface area contributed by atoms with Crippen molar-refractivity contribution in [3.63, 3.8) is 0 Å². The number of hydrogen-bond donors (Lipinski definition) is 0. The maximum Gasteiger partial charge on any atom is 0.257 e. The molecule has 1 amide bonds. The number of carbonyl (C=O) groups is 1. The second-order valence-corrected chi connectivity index (χ2v) is 9.19. The van der Waals surface area contributed by atoms with Crippen molar-refractivity contribution in [2.45, 2.75) is 12.5 Å². The van der Waals surface area contributed by atoms with Crippen LogP contribution >= 0.6 is 11.6 Å². The maximum absolute atomic E-state index is 15.9. The van der Waals surface area contributed by atoms with E-state index in [0.29, 0.717) is 33.6 Å². The van der Waals surface area contributed by atoms with Crippen molar-refractivity contribution in [3.05, 3.63) is 83.1 Å². The third-order valence-corrected chi connectivity index (χ3v) is 6.91. The lowest BCUT2D eigenvalue weighted by atomic mass is 10.0. The van der Waals surface area contributed by atoms with Gasteiger partial charge in [0, 0.05) is 42.9 Å². The first-order valence-electron chi connectivity index (χ1n) is 11.8. The number of alkyl halides is 2. The predicted molar refractivity (Wildman–Crippen MR) is 140 cm³/mol. The van der Waals surface area contributed by atoms with Crippen molar-refractivity contribution < 1.29 is 22.4 Å². The van der Waals surface area contributed by atoms with Crippen LogP contribution in [0.3, 0.4) is 0 Å². The van der Waals surface area contributed by atoms with Crippen molar-refractivity contribution in [3.8, 4) is 11.3 Å². The Hall–Kier alpha value is -4.30. The number of amides is 1. The van der Waals surface area contributed by atoms with Gasteiger partial charge in [-0.15, -0.1) is 0 Å². The number of halogens is 5. The van der Waals surface area contributed by atoms with Gasteiger partial charge in [-0.2, -0.15) is 0 Å². The lowest BCUT2D eigenvalue weighted by Crippen LogP contribution is -2.56. The van der Waals surface area contributed by atoms with Crippen molar-refractivity contribution in [2.75, 3.05) is 31.1 Å². The molecule has 12 heteroatoms. The average molecular weight is 555 g/mol. The van der Waals surface area contributed by atoms with Crippen LogP contribution < -0.4 is 4.90 Å². The van der Waals surface area contributed by atoms with E-state index in [1.807, 2.05) is 0 Å². The number of fused-ring (bicyclic) bond motifs is 2. The summed E-state index contributed by atoms with van der Waals surface area (Å²) in [6.07, 6.45) is 1.17. The molecule has 2 aromatic heterocycles. The number of anilines is 1. The molecule has 0 unspecified atom stereocenters. The standard InChI is InChI=1S/C27H19ClF4N6O/c1-33-11-16-13-37(9-10-38(16)21(39)8-7-20(30)31)27-18-12-34-25(24(32)26(18)35-14-36-27)17-4-2-3-15-5-6-19(29)23(28)22(15)17/h2-8,12,14,16,20H,9-11,13H2/b8-7+/t16-/m0/s1. The summed E-state index contributed by atoms with van der Waals surface area (Å²) in [5.41, 5.74) is 0.227. The molecular formula is C27H19ClF4N6O. The molecule has 0 N–H and O–H groups in total. The summed E-state index contributed by atoms with van der Waals surface area (Å²) < 4.78 is 55.2. The van der Waals surface area contributed by atoms with Crippen LogP contribution in [0.1, 0.15) is 0 Å². The zero-order chi connectivity index (χ0) is 27.7. The van der Waals surface area contributed by atoms with E-state index in [2.05, 4.69) is 19.8 Å². The molecule has 0 bridgehead atoms. The van der Waals surface area contributed by atoms with Crippen LogP contribution in [0, 0.1) is 18.2 Å². The molecule has 0 spiro atoms. The van der Waals surface area contributed by atoms with Crippen molar-refractivity contribution >= 4 is 45.0 Å². The Labute approximate surface area is 225 Å². The number of benzene rings is 2. The molecule has 2 aromatic carbocycles. The summed E-state index contributed by atoms with van der Waals surface area (Å²) in [6.45, 7) is 7.80. The topological polar surface area (TPSA) is 66.6 Å². The van der Waals surface area contributed by atoms with Crippen LogP contribution in [0.25, 0.3) is 37.8 Å². The molecule has 39 heavy (non-hydrogen) atoms. The smallest absolute Gasteiger partial charge is 0.257 e. The molecule has 0 aliphatic carbocycles. The summed E-state index contributed by atoms with van der Waals surface area (Å²) in [4.78, 5) is 31.8. The zero-order valence-electron chi connectivity index (χ0n) is 20.2. The number of pyridine rings is 1. The normalized spacial score (nSPS) is 16.0. The Morgan fingerprint density at radius 3 is 2.77 bits per heavy atom. The molecule has 1 fully saturated rings. The molecule has 0 saturated carbocycles. The van der Waals surface area contributed by atoms with Gasteiger partial charge in [-0.1, -0.05) is 35.9 Å². The summed E-state index contributed by atoms with van der Waals surface area (Å²) in [7, 11) is 0. The van der Waals surface area contributed by atoms with Crippen molar-refractivity contribution in [2.24, 2.45) is 0 Å². The molecular weight excluding hydrogens is 536 g/mol. The molecule has 7 nitrogen and oxygen atoms in total. The van der Waals surface area contributed by atoms with Gasteiger partial charge >= 0.3 is 0 Å². The molecule has 0 radical (unpaired) electrons. The van der Waals surface area contributed by atoms with E-state index in [9.17, 15) is 18.0 Å². The minimum Gasteiger partial charge on any atom is -0.352 e. The number of aromatic nitrogens is 3. The zero-order valence-corrected chi connectivity index (χ0v) is 20.9. The first kappa shape index (κ1) is 26.3. The van der Waals surface area contributed by atoms with E-state index in [1.165, 1.54) is 23.5 Å². The number of carbonyl (C=O) groups excluding carboxylic acids is 1. The third-order valence-electron chi connectivity index (χ3n) is 6.54. The average Bonchev–Trinajstić information content (AvgIpc) is 2.93. The summed E-state index contributed by atoms with van der Waals surface area (Å²) in [5.74, 6) is -1.64. The van der Waals surface area contributed by atoms with Gasteiger partial charge in [0.2, 0.25) is 12.5 Å². The lowest BCUT2D eigenvalue weighted by molar-refractivity contribution is -0.128. The van der Waals surface area contributed by atoms with E-state index < -0.39 is 30.0 Å². The number of allylic oxidation sites excluding steroid dienone is 1. The highest BCUT2D eigenvalue weighted by Gasteiger charge is 2.33. The SMILES string of the molecule is [C-]#[N+]C[C@H]1CN(c2ncnc3c(F)c(-c4cccc5ccc(F)c(Cl)c45)ncc23)CCN1C(=O)/C=C/C(F)F. The molecule has 1 atom stereocenters. The van der Waals surface area contributed by atoms with Crippen LogP contribution in [0.2, 0.25) is 5.02 Å². The van der Waals surface area contributed by atoms with Crippen molar-refractivity contribution in [1.29, 1.82) is 0 Å². The molecule has 1 aliphatic heterocycles. The van der Waals surface area contributed by atoms with E-state index in [4.69, 9.17) is 18.2 Å². The first-order chi connectivity index (χ1) is 18.8. The second-order valence-electron chi connectivity index (χ2n) is 8.81. The maximum atomic E-state index is 15.9.